The Labute approximate surface area is 67.7 Å². The molecule has 62 valence electrons. The molecule has 2 heteroatoms. The zero-order valence-corrected chi connectivity index (χ0v) is 7.18. The van der Waals surface area contributed by atoms with Gasteiger partial charge in [0.2, 0.25) is 0 Å². The number of carbonyl (C=O) groups is 1. The van der Waals surface area contributed by atoms with E-state index in [9.17, 15) is 4.79 Å². The molecule has 0 bridgehead atoms. The second-order valence-electron chi connectivity index (χ2n) is 3.40. The fourth-order valence-electron chi connectivity index (χ4n) is 1.33. The monoisotopic (exact) mass is 153 g/mol. The third kappa shape index (κ3) is 1.82. The minimum absolute atomic E-state index is 0.0440. The smallest absolute Gasteiger partial charge is 0.157 e. The Balaban J connectivity index is 2.50. The van der Waals surface area contributed by atoms with Gasteiger partial charge >= 0.3 is 0 Å². The molecule has 2 nitrogen and oxygen atoms in total. The highest BCUT2D eigenvalue weighted by atomic mass is 16.1. The molecule has 1 saturated heterocycles. The first-order valence-corrected chi connectivity index (χ1v) is 4.09. The molecule has 1 atom stereocenters. The number of hydrogen-bond donors (Lipinski definition) is 1. The van der Waals surface area contributed by atoms with Crippen molar-refractivity contribution in [1.29, 1.82) is 0 Å². The van der Waals surface area contributed by atoms with Gasteiger partial charge in [0, 0.05) is 11.6 Å². The van der Waals surface area contributed by atoms with Gasteiger partial charge in [-0.2, -0.15) is 0 Å². The number of hydrogen-bond acceptors (Lipinski definition) is 2. The van der Waals surface area contributed by atoms with Gasteiger partial charge < -0.3 is 5.32 Å². The molecule has 1 aliphatic heterocycles. The molecule has 0 amide bonds. The maximum atomic E-state index is 11.4. The molecule has 0 aliphatic carbocycles. The molecule has 1 N–H and O–H groups in total. The summed E-state index contributed by atoms with van der Waals surface area (Å²) in [6, 6.07) is 0.0440. The Morgan fingerprint density at radius 3 is 2.73 bits per heavy atom. The van der Waals surface area contributed by atoms with Gasteiger partial charge in [-0.15, -0.1) is 0 Å². The van der Waals surface area contributed by atoms with E-state index >= 15 is 0 Å². The summed E-state index contributed by atoms with van der Waals surface area (Å²) in [5.41, 5.74) is 1.00. The van der Waals surface area contributed by atoms with Gasteiger partial charge in [0.15, 0.2) is 5.78 Å². The lowest BCUT2D eigenvalue weighted by atomic mass is 10.0. The number of rotatable bonds is 2. The van der Waals surface area contributed by atoms with E-state index in [0.29, 0.717) is 5.78 Å². The van der Waals surface area contributed by atoms with Crippen LogP contribution in [0.3, 0.4) is 0 Å². The van der Waals surface area contributed by atoms with Gasteiger partial charge in [0.1, 0.15) is 0 Å². The van der Waals surface area contributed by atoms with Crippen molar-refractivity contribution < 1.29 is 4.79 Å². The van der Waals surface area contributed by atoms with Crippen molar-refractivity contribution in [2.45, 2.75) is 32.7 Å². The summed E-state index contributed by atoms with van der Waals surface area (Å²) in [6.07, 6.45) is 1.87. The van der Waals surface area contributed by atoms with Gasteiger partial charge in [-0.25, -0.2) is 0 Å². The average Bonchev–Trinajstić information content (AvgIpc) is 2.34. The summed E-state index contributed by atoms with van der Waals surface area (Å²) in [4.78, 5) is 11.4. The average molecular weight is 153 g/mol. The third-order valence-corrected chi connectivity index (χ3v) is 2.03. The maximum absolute atomic E-state index is 11.4. The van der Waals surface area contributed by atoms with Crippen molar-refractivity contribution in [2.24, 2.45) is 5.92 Å². The third-order valence-electron chi connectivity index (χ3n) is 2.03. The molecule has 0 radical (unpaired) electrons. The summed E-state index contributed by atoms with van der Waals surface area (Å²) in [5, 5.41) is 3.09. The molecule has 0 unspecified atom stereocenters. The Morgan fingerprint density at radius 1 is 1.73 bits per heavy atom. The molecule has 0 aromatic heterocycles. The Morgan fingerprint density at radius 2 is 2.36 bits per heavy atom. The molecular formula is C9H15NO. The molecule has 1 fully saturated rings. The van der Waals surface area contributed by atoms with Crippen LogP contribution in [-0.4, -0.2) is 11.8 Å². The standard InChI is InChI=1S/C9H15NO/c1-6(2)9(11)8-5-4-7(3)10-8/h6,8,10H,3-5H2,1-2H3/t8-/m0/s1. The van der Waals surface area contributed by atoms with Crippen LogP contribution in [0.4, 0.5) is 0 Å². The summed E-state index contributed by atoms with van der Waals surface area (Å²) in [7, 11) is 0. The van der Waals surface area contributed by atoms with Crippen molar-refractivity contribution in [3.8, 4) is 0 Å². The van der Waals surface area contributed by atoms with Crippen LogP contribution in [0.2, 0.25) is 0 Å². The van der Waals surface area contributed by atoms with Gasteiger partial charge in [0.05, 0.1) is 6.04 Å². The Bertz CT molecular complexity index is 184. The fourth-order valence-corrected chi connectivity index (χ4v) is 1.33. The normalized spacial score (nSPS) is 23.9. The van der Waals surface area contributed by atoms with E-state index in [1.165, 1.54) is 0 Å². The molecule has 1 rings (SSSR count). The minimum Gasteiger partial charge on any atom is -0.379 e. The van der Waals surface area contributed by atoms with E-state index < -0.39 is 0 Å². The van der Waals surface area contributed by atoms with Crippen molar-refractivity contribution in [2.75, 3.05) is 0 Å². The first-order valence-electron chi connectivity index (χ1n) is 4.09. The summed E-state index contributed by atoms with van der Waals surface area (Å²) in [6.45, 7) is 7.65. The van der Waals surface area contributed by atoms with Crippen LogP contribution in [-0.2, 0) is 4.79 Å². The molecule has 1 heterocycles. The van der Waals surface area contributed by atoms with E-state index in [2.05, 4.69) is 11.9 Å². The fraction of sp³-hybridized carbons (Fsp3) is 0.667. The molecule has 11 heavy (non-hydrogen) atoms. The first kappa shape index (κ1) is 8.31. The van der Waals surface area contributed by atoms with Gasteiger partial charge in [-0.1, -0.05) is 20.4 Å². The van der Waals surface area contributed by atoms with E-state index in [-0.39, 0.29) is 12.0 Å². The number of Topliss-reactive ketones (excluding diaryl/α,β-unsaturated/α-hetero) is 1. The lowest BCUT2D eigenvalue weighted by Gasteiger charge is -2.11. The van der Waals surface area contributed by atoms with Gasteiger partial charge in [-0.3, -0.25) is 4.79 Å². The molecule has 0 aromatic carbocycles. The van der Waals surface area contributed by atoms with Crippen LogP contribution in [0.5, 0.6) is 0 Å². The second kappa shape index (κ2) is 3.07. The Hall–Kier alpha value is -0.790. The van der Waals surface area contributed by atoms with Crippen LogP contribution < -0.4 is 5.32 Å². The van der Waals surface area contributed by atoms with Crippen molar-refractivity contribution in [1.82, 2.24) is 5.32 Å². The van der Waals surface area contributed by atoms with E-state index in [1.54, 1.807) is 0 Å². The summed E-state index contributed by atoms with van der Waals surface area (Å²) in [5.74, 6) is 0.446. The van der Waals surface area contributed by atoms with Crippen LogP contribution in [0.1, 0.15) is 26.7 Å². The zero-order valence-electron chi connectivity index (χ0n) is 7.18. The van der Waals surface area contributed by atoms with E-state index in [0.717, 1.165) is 18.5 Å². The van der Waals surface area contributed by atoms with Crippen LogP contribution in [0.15, 0.2) is 12.3 Å². The predicted octanol–water partition coefficient (Wildman–Crippen LogP) is 1.48. The van der Waals surface area contributed by atoms with E-state index in [4.69, 9.17) is 0 Å². The predicted molar refractivity (Wildman–Crippen MR) is 45.1 cm³/mol. The van der Waals surface area contributed by atoms with Crippen molar-refractivity contribution in [3.63, 3.8) is 0 Å². The van der Waals surface area contributed by atoms with Gasteiger partial charge in [0.25, 0.3) is 0 Å². The molecule has 0 saturated carbocycles. The minimum atomic E-state index is 0.0440. The maximum Gasteiger partial charge on any atom is 0.157 e. The SMILES string of the molecule is C=C1CC[C@@H](C(=O)C(C)C)N1. The quantitative estimate of drug-likeness (QED) is 0.651. The van der Waals surface area contributed by atoms with Crippen LogP contribution in [0, 0.1) is 5.92 Å². The highest BCUT2D eigenvalue weighted by Gasteiger charge is 2.25. The lowest BCUT2D eigenvalue weighted by molar-refractivity contribution is -0.123. The van der Waals surface area contributed by atoms with Crippen LogP contribution >= 0.6 is 0 Å². The number of nitrogens with one attached hydrogen (secondary N) is 1. The highest BCUT2D eigenvalue weighted by molar-refractivity contribution is 5.86. The van der Waals surface area contributed by atoms with Crippen molar-refractivity contribution >= 4 is 5.78 Å². The van der Waals surface area contributed by atoms with Crippen molar-refractivity contribution in [3.05, 3.63) is 12.3 Å². The topological polar surface area (TPSA) is 29.1 Å². The Kier molecular flexibility index (Phi) is 2.32. The highest BCUT2D eigenvalue weighted by Crippen LogP contribution is 2.16. The number of carbonyl (C=O) groups excluding carboxylic acids is 1. The molecule has 1 aliphatic rings. The lowest BCUT2D eigenvalue weighted by Crippen LogP contribution is -2.32. The first-order chi connectivity index (χ1) is 5.11. The number of allylic oxidation sites excluding steroid dienone is 1. The van der Waals surface area contributed by atoms with Gasteiger partial charge in [-0.05, 0) is 12.8 Å². The summed E-state index contributed by atoms with van der Waals surface area (Å²) < 4.78 is 0. The second-order valence-corrected chi connectivity index (χ2v) is 3.40. The molecular weight excluding hydrogens is 138 g/mol. The number of ketones is 1. The summed E-state index contributed by atoms with van der Waals surface area (Å²) >= 11 is 0. The molecule has 0 aromatic rings. The zero-order chi connectivity index (χ0) is 8.43. The largest absolute Gasteiger partial charge is 0.379 e. The van der Waals surface area contributed by atoms with E-state index in [1.807, 2.05) is 13.8 Å². The van der Waals surface area contributed by atoms with Crippen LogP contribution in [0.25, 0.3) is 0 Å². The molecule has 0 spiro atoms.